The molecule has 0 saturated carbocycles. The van der Waals surface area contributed by atoms with Crippen molar-refractivity contribution in [2.45, 2.75) is 13.0 Å². The molecule has 1 unspecified atom stereocenters. The Labute approximate surface area is 106 Å². The van der Waals surface area contributed by atoms with Crippen molar-refractivity contribution in [2.75, 3.05) is 13.2 Å². The molecule has 1 atom stereocenters. The van der Waals surface area contributed by atoms with Crippen molar-refractivity contribution in [1.29, 1.82) is 0 Å². The number of ether oxygens (including phenoxy) is 2. The normalized spacial score (nSPS) is 17.5. The molecule has 2 rings (SSSR count). The van der Waals surface area contributed by atoms with Gasteiger partial charge in [0.1, 0.15) is 6.61 Å². The van der Waals surface area contributed by atoms with E-state index in [2.05, 4.69) is 10.6 Å². The quantitative estimate of drug-likeness (QED) is 0.855. The second-order valence-corrected chi connectivity index (χ2v) is 3.85. The number of carbonyl (C=O) groups excluding carboxylic acids is 1. The molecule has 1 aliphatic heterocycles. The topological polar surface area (TPSA) is 59.6 Å². The number of para-hydroxylation sites is 2. The van der Waals surface area contributed by atoms with Gasteiger partial charge in [-0.1, -0.05) is 18.2 Å². The van der Waals surface area contributed by atoms with Gasteiger partial charge >= 0.3 is 6.03 Å². The number of nitrogens with one attached hydrogen (secondary N) is 2. The number of fused-ring (bicyclic) bond motifs is 1. The Morgan fingerprint density at radius 3 is 3.00 bits per heavy atom. The molecule has 5 heteroatoms. The lowest BCUT2D eigenvalue weighted by Crippen LogP contribution is -2.43. The Bertz CT molecular complexity index is 446. The smallest absolute Gasteiger partial charge is 0.318 e. The molecular formula is C13H16N2O3. The van der Waals surface area contributed by atoms with E-state index >= 15 is 0 Å². The average Bonchev–Trinajstić information content (AvgIpc) is 2.42. The third-order valence-corrected chi connectivity index (χ3v) is 2.44. The van der Waals surface area contributed by atoms with Crippen LogP contribution in [0.4, 0.5) is 4.79 Å². The van der Waals surface area contributed by atoms with Crippen molar-refractivity contribution in [3.8, 4) is 11.5 Å². The second-order valence-electron chi connectivity index (χ2n) is 3.85. The summed E-state index contributed by atoms with van der Waals surface area (Å²) in [6, 6.07) is 7.23. The molecule has 0 bridgehead atoms. The fourth-order valence-electron chi connectivity index (χ4n) is 1.58. The molecule has 2 amide bonds. The molecule has 1 aliphatic rings. The van der Waals surface area contributed by atoms with E-state index in [1.165, 1.54) is 0 Å². The fraction of sp³-hybridized carbons (Fsp3) is 0.308. The van der Waals surface area contributed by atoms with Gasteiger partial charge in [-0.3, -0.25) is 0 Å². The highest BCUT2D eigenvalue weighted by atomic mass is 16.6. The van der Waals surface area contributed by atoms with E-state index in [0.717, 1.165) is 5.75 Å². The van der Waals surface area contributed by atoms with Gasteiger partial charge in [0.05, 0.1) is 6.54 Å². The van der Waals surface area contributed by atoms with Crippen LogP contribution in [0.15, 0.2) is 36.5 Å². The van der Waals surface area contributed by atoms with Crippen LogP contribution in [0.5, 0.6) is 11.5 Å². The van der Waals surface area contributed by atoms with Gasteiger partial charge in [0.25, 0.3) is 0 Å². The van der Waals surface area contributed by atoms with Gasteiger partial charge in [0, 0.05) is 6.20 Å². The van der Waals surface area contributed by atoms with E-state index in [9.17, 15) is 4.79 Å². The molecule has 18 heavy (non-hydrogen) atoms. The van der Waals surface area contributed by atoms with Crippen LogP contribution in [0.1, 0.15) is 6.92 Å². The Hall–Kier alpha value is -2.17. The zero-order chi connectivity index (χ0) is 12.8. The molecule has 0 saturated heterocycles. The van der Waals surface area contributed by atoms with Crippen LogP contribution in [0, 0.1) is 0 Å². The first kappa shape index (κ1) is 12.3. The van der Waals surface area contributed by atoms with Crippen LogP contribution in [0.3, 0.4) is 0 Å². The minimum Gasteiger partial charge on any atom is -0.486 e. The minimum absolute atomic E-state index is 0.170. The van der Waals surface area contributed by atoms with E-state index in [4.69, 9.17) is 9.47 Å². The predicted molar refractivity (Wildman–Crippen MR) is 67.7 cm³/mol. The minimum atomic E-state index is -0.254. The van der Waals surface area contributed by atoms with E-state index in [1.54, 1.807) is 12.3 Å². The summed E-state index contributed by atoms with van der Waals surface area (Å²) in [6.07, 6.45) is 3.15. The Balaban J connectivity index is 1.81. The molecular weight excluding hydrogens is 232 g/mol. The van der Waals surface area contributed by atoms with Crippen LogP contribution >= 0.6 is 0 Å². The molecule has 5 nitrogen and oxygen atoms in total. The van der Waals surface area contributed by atoms with E-state index in [0.29, 0.717) is 18.9 Å². The van der Waals surface area contributed by atoms with Crippen molar-refractivity contribution in [3.05, 3.63) is 36.5 Å². The molecule has 0 fully saturated rings. The molecule has 2 N–H and O–H groups in total. The summed E-state index contributed by atoms with van der Waals surface area (Å²) in [7, 11) is 0. The summed E-state index contributed by atoms with van der Waals surface area (Å²) in [6.45, 7) is 2.66. The van der Waals surface area contributed by atoms with Crippen molar-refractivity contribution in [1.82, 2.24) is 10.6 Å². The van der Waals surface area contributed by atoms with E-state index in [1.807, 2.05) is 31.2 Å². The zero-order valence-corrected chi connectivity index (χ0v) is 10.2. The first-order chi connectivity index (χ1) is 8.79. The summed E-state index contributed by atoms with van der Waals surface area (Å²) >= 11 is 0. The average molecular weight is 248 g/mol. The van der Waals surface area contributed by atoms with E-state index in [-0.39, 0.29) is 12.1 Å². The molecule has 0 radical (unpaired) electrons. The van der Waals surface area contributed by atoms with Gasteiger partial charge in [-0.05, 0) is 19.1 Å². The standard InChI is InChI=1S/C13H16N2O3/c1-2-7-14-13(16)15-8-10-9-17-11-5-3-4-6-12(11)18-10/h2-7,10H,8-9H2,1H3,(H2,14,15,16)/b7-2+. The van der Waals surface area contributed by atoms with Crippen molar-refractivity contribution in [2.24, 2.45) is 0 Å². The molecule has 1 heterocycles. The molecule has 1 aromatic rings. The van der Waals surface area contributed by atoms with Gasteiger partial charge in [-0.15, -0.1) is 0 Å². The second kappa shape index (κ2) is 5.95. The maximum absolute atomic E-state index is 11.3. The van der Waals surface area contributed by atoms with Crippen molar-refractivity contribution >= 4 is 6.03 Å². The van der Waals surface area contributed by atoms with Crippen LogP contribution in [-0.2, 0) is 0 Å². The molecule has 1 aromatic carbocycles. The number of urea groups is 1. The highest BCUT2D eigenvalue weighted by Crippen LogP contribution is 2.30. The summed E-state index contributed by atoms with van der Waals surface area (Å²) in [5.74, 6) is 1.46. The summed E-state index contributed by atoms with van der Waals surface area (Å²) in [5.41, 5.74) is 0. The maximum Gasteiger partial charge on any atom is 0.318 e. The lowest BCUT2D eigenvalue weighted by Gasteiger charge is -2.26. The monoisotopic (exact) mass is 248 g/mol. The first-order valence-corrected chi connectivity index (χ1v) is 5.83. The molecule has 0 aromatic heterocycles. The molecule has 0 spiro atoms. The highest BCUT2D eigenvalue weighted by Gasteiger charge is 2.20. The number of amides is 2. The zero-order valence-electron chi connectivity index (χ0n) is 10.2. The molecule has 96 valence electrons. The van der Waals surface area contributed by atoms with Crippen molar-refractivity contribution < 1.29 is 14.3 Å². The lowest BCUT2D eigenvalue weighted by molar-refractivity contribution is 0.0919. The summed E-state index contributed by atoms with van der Waals surface area (Å²) in [5, 5.41) is 5.28. The SMILES string of the molecule is C/C=C/NC(=O)NCC1COc2ccccc2O1. The van der Waals surface area contributed by atoms with Gasteiger partial charge in [-0.2, -0.15) is 0 Å². The number of rotatable bonds is 3. The maximum atomic E-state index is 11.3. The number of carbonyl (C=O) groups is 1. The van der Waals surface area contributed by atoms with Crippen molar-refractivity contribution in [3.63, 3.8) is 0 Å². The number of allylic oxidation sites excluding steroid dienone is 1. The van der Waals surface area contributed by atoms with E-state index < -0.39 is 0 Å². The Morgan fingerprint density at radius 2 is 2.22 bits per heavy atom. The third-order valence-electron chi connectivity index (χ3n) is 2.44. The van der Waals surface area contributed by atoms with Crippen LogP contribution in [0.2, 0.25) is 0 Å². The number of hydrogen-bond acceptors (Lipinski definition) is 3. The highest BCUT2D eigenvalue weighted by molar-refractivity contribution is 5.74. The Morgan fingerprint density at radius 1 is 1.44 bits per heavy atom. The lowest BCUT2D eigenvalue weighted by atomic mass is 10.2. The largest absolute Gasteiger partial charge is 0.486 e. The van der Waals surface area contributed by atoms with Crippen LogP contribution in [0.25, 0.3) is 0 Å². The van der Waals surface area contributed by atoms with Gasteiger partial charge in [0.2, 0.25) is 0 Å². The predicted octanol–water partition coefficient (Wildman–Crippen LogP) is 1.66. The van der Waals surface area contributed by atoms with Gasteiger partial charge < -0.3 is 20.1 Å². The first-order valence-electron chi connectivity index (χ1n) is 5.83. The number of hydrogen-bond donors (Lipinski definition) is 2. The Kier molecular flexibility index (Phi) is 4.06. The summed E-state index contributed by atoms with van der Waals surface area (Å²) < 4.78 is 11.2. The van der Waals surface area contributed by atoms with Gasteiger partial charge in [-0.25, -0.2) is 4.79 Å². The summed E-state index contributed by atoms with van der Waals surface area (Å²) in [4.78, 5) is 11.3. The van der Waals surface area contributed by atoms with Gasteiger partial charge in [0.15, 0.2) is 17.6 Å². The molecule has 0 aliphatic carbocycles. The third kappa shape index (κ3) is 3.16. The fourth-order valence-corrected chi connectivity index (χ4v) is 1.58. The number of benzene rings is 1. The van der Waals surface area contributed by atoms with Crippen LogP contribution < -0.4 is 20.1 Å². The van der Waals surface area contributed by atoms with Crippen LogP contribution in [-0.4, -0.2) is 25.3 Å².